The van der Waals surface area contributed by atoms with Crippen LogP contribution in [0.2, 0.25) is 0 Å². The molecule has 0 saturated heterocycles. The van der Waals surface area contributed by atoms with E-state index in [1.54, 1.807) is 0 Å². The van der Waals surface area contributed by atoms with Crippen LogP contribution < -0.4 is 0 Å². The number of fused-ring (bicyclic) bond motifs is 4. The molecule has 0 unspecified atom stereocenters. The number of hydrogen-bond acceptors (Lipinski definition) is 2. The van der Waals surface area contributed by atoms with Crippen LogP contribution in [-0.2, 0) is 6.42 Å². The molecule has 0 saturated carbocycles. The molecule has 0 aliphatic heterocycles. The Kier molecular flexibility index (Phi) is 6.80. The molecule has 0 bridgehead atoms. The molecular formula is C46H32N2. The summed E-state index contributed by atoms with van der Waals surface area (Å²) in [5.74, 6) is 0. The summed E-state index contributed by atoms with van der Waals surface area (Å²) in [4.78, 5) is 9.63. The summed E-state index contributed by atoms with van der Waals surface area (Å²) < 4.78 is 0. The van der Waals surface area contributed by atoms with E-state index in [2.05, 4.69) is 145 Å². The van der Waals surface area contributed by atoms with Gasteiger partial charge >= 0.3 is 0 Å². The number of aromatic nitrogens is 2. The van der Waals surface area contributed by atoms with Crippen LogP contribution in [0.25, 0.3) is 88.0 Å². The Labute approximate surface area is 280 Å². The van der Waals surface area contributed by atoms with Crippen molar-refractivity contribution in [3.63, 3.8) is 0 Å². The molecule has 0 spiro atoms. The molecule has 0 aliphatic carbocycles. The number of hydrogen-bond donors (Lipinski definition) is 0. The van der Waals surface area contributed by atoms with E-state index in [9.17, 15) is 0 Å². The van der Waals surface area contributed by atoms with Crippen LogP contribution in [0.4, 0.5) is 0 Å². The van der Waals surface area contributed by atoms with Crippen LogP contribution in [0.3, 0.4) is 0 Å². The van der Waals surface area contributed by atoms with Gasteiger partial charge in [0.2, 0.25) is 0 Å². The second-order valence-electron chi connectivity index (χ2n) is 12.4. The fourth-order valence-corrected chi connectivity index (χ4v) is 7.38. The molecule has 2 heteroatoms. The highest BCUT2D eigenvalue weighted by molar-refractivity contribution is 6.24. The summed E-state index contributed by atoms with van der Waals surface area (Å²) in [6, 6.07) is 57.0. The molecule has 7 aromatic carbocycles. The highest BCUT2D eigenvalue weighted by Gasteiger charge is 2.19. The van der Waals surface area contributed by atoms with E-state index < -0.39 is 0 Å². The van der Waals surface area contributed by atoms with E-state index in [4.69, 9.17) is 4.98 Å². The van der Waals surface area contributed by atoms with Crippen LogP contribution in [0.15, 0.2) is 164 Å². The van der Waals surface area contributed by atoms with Crippen molar-refractivity contribution in [2.75, 3.05) is 0 Å². The zero-order valence-electron chi connectivity index (χ0n) is 26.7. The van der Waals surface area contributed by atoms with Gasteiger partial charge in [0.05, 0.1) is 17.1 Å². The monoisotopic (exact) mass is 612 g/mol. The van der Waals surface area contributed by atoms with Crippen molar-refractivity contribution in [1.29, 1.82) is 0 Å². The molecule has 2 nitrogen and oxygen atoms in total. The number of aryl methyl sites for hydroxylation is 1. The minimum absolute atomic E-state index is 0.869. The van der Waals surface area contributed by atoms with Crippen molar-refractivity contribution < 1.29 is 0 Å². The number of rotatable bonds is 5. The van der Waals surface area contributed by atoms with Gasteiger partial charge in [-0.1, -0.05) is 134 Å². The van der Waals surface area contributed by atoms with E-state index >= 15 is 0 Å². The minimum atomic E-state index is 0.869. The van der Waals surface area contributed by atoms with Gasteiger partial charge < -0.3 is 0 Å². The van der Waals surface area contributed by atoms with Crippen LogP contribution >= 0.6 is 0 Å². The third kappa shape index (κ3) is 4.65. The molecule has 48 heavy (non-hydrogen) atoms. The van der Waals surface area contributed by atoms with Gasteiger partial charge in [-0.3, -0.25) is 4.98 Å². The van der Waals surface area contributed by atoms with Crippen molar-refractivity contribution in [3.05, 3.63) is 169 Å². The maximum Gasteiger partial charge on any atom is 0.0893 e. The van der Waals surface area contributed by atoms with Crippen molar-refractivity contribution >= 4 is 43.1 Å². The summed E-state index contributed by atoms with van der Waals surface area (Å²) in [5, 5.41) is 9.96. The third-order valence-electron chi connectivity index (χ3n) is 9.68. The Balaban J connectivity index is 1.29. The van der Waals surface area contributed by atoms with Gasteiger partial charge in [0.25, 0.3) is 0 Å². The van der Waals surface area contributed by atoms with Crippen molar-refractivity contribution in [2.24, 2.45) is 0 Å². The Hall–Kier alpha value is -6.12. The molecule has 2 aromatic heterocycles. The third-order valence-corrected chi connectivity index (χ3v) is 9.68. The van der Waals surface area contributed by atoms with E-state index in [1.807, 2.05) is 30.5 Å². The zero-order chi connectivity index (χ0) is 32.0. The average Bonchev–Trinajstić information content (AvgIpc) is 3.16. The van der Waals surface area contributed by atoms with Crippen molar-refractivity contribution in [1.82, 2.24) is 9.97 Å². The van der Waals surface area contributed by atoms with Gasteiger partial charge in [-0.2, -0.15) is 0 Å². The molecule has 0 N–H and O–H groups in total. The summed E-state index contributed by atoms with van der Waals surface area (Å²) in [6.45, 7) is 2.21. The van der Waals surface area contributed by atoms with Crippen LogP contribution in [0.5, 0.6) is 0 Å². The Morgan fingerprint density at radius 2 is 0.979 bits per heavy atom. The largest absolute Gasteiger partial charge is 0.255 e. The molecule has 9 aromatic rings. The highest BCUT2D eigenvalue weighted by atomic mass is 14.8. The first kappa shape index (κ1) is 28.1. The van der Waals surface area contributed by atoms with Crippen LogP contribution in [0, 0.1) is 0 Å². The standard InChI is InChI=1S/C46H32N2/c1-2-30-21-22-32-29-33(24-23-31(32)28-30)45-37-14-5-7-16-39(37)46(40-17-8-6-15-38(40)45)41-26-25-36(34-12-3-4-13-35(34)41)42-19-11-20-44(48-42)43-18-9-10-27-47-43/h3-29H,2H2,1H3. The fraction of sp³-hybridized carbons (Fsp3) is 0.0435. The highest BCUT2D eigenvalue weighted by Crippen LogP contribution is 2.46. The smallest absolute Gasteiger partial charge is 0.0893 e. The lowest BCUT2D eigenvalue weighted by molar-refractivity contribution is 1.15. The average molecular weight is 613 g/mol. The summed E-state index contributed by atoms with van der Waals surface area (Å²) in [5.41, 5.74) is 10.2. The lowest BCUT2D eigenvalue weighted by Gasteiger charge is -2.20. The van der Waals surface area contributed by atoms with Crippen molar-refractivity contribution in [2.45, 2.75) is 13.3 Å². The lowest BCUT2D eigenvalue weighted by Crippen LogP contribution is -1.94. The maximum atomic E-state index is 5.08. The summed E-state index contributed by atoms with van der Waals surface area (Å²) >= 11 is 0. The topological polar surface area (TPSA) is 25.8 Å². The lowest BCUT2D eigenvalue weighted by atomic mass is 9.83. The molecule has 0 amide bonds. The van der Waals surface area contributed by atoms with Crippen LogP contribution in [0.1, 0.15) is 12.5 Å². The number of nitrogens with zero attached hydrogens (tertiary/aromatic N) is 2. The van der Waals surface area contributed by atoms with Gasteiger partial charge in [-0.05, 0) is 108 Å². The molecule has 2 heterocycles. The summed E-state index contributed by atoms with van der Waals surface area (Å²) in [6.07, 6.45) is 2.86. The second-order valence-corrected chi connectivity index (χ2v) is 12.4. The van der Waals surface area contributed by atoms with E-state index in [-0.39, 0.29) is 0 Å². The number of benzene rings is 7. The quantitative estimate of drug-likeness (QED) is 0.181. The maximum absolute atomic E-state index is 5.08. The van der Waals surface area contributed by atoms with Gasteiger partial charge in [0.1, 0.15) is 0 Å². The Morgan fingerprint density at radius 1 is 0.417 bits per heavy atom. The van der Waals surface area contributed by atoms with E-state index in [0.717, 1.165) is 29.1 Å². The predicted octanol–water partition coefficient (Wildman–Crippen LogP) is 12.3. The molecule has 0 aliphatic rings. The van der Waals surface area contributed by atoms with E-state index in [0.29, 0.717) is 0 Å². The molecule has 9 rings (SSSR count). The first-order valence-corrected chi connectivity index (χ1v) is 16.6. The summed E-state index contributed by atoms with van der Waals surface area (Å²) in [7, 11) is 0. The van der Waals surface area contributed by atoms with Gasteiger partial charge in [0, 0.05) is 11.8 Å². The molecule has 0 fully saturated rings. The Bertz CT molecular complexity index is 2600. The van der Waals surface area contributed by atoms with Crippen LogP contribution in [-0.4, -0.2) is 9.97 Å². The normalized spacial score (nSPS) is 11.5. The molecular weight excluding hydrogens is 581 g/mol. The minimum Gasteiger partial charge on any atom is -0.255 e. The first-order chi connectivity index (χ1) is 23.8. The van der Waals surface area contributed by atoms with Crippen molar-refractivity contribution in [3.8, 4) is 44.9 Å². The molecule has 0 radical (unpaired) electrons. The molecule has 0 atom stereocenters. The van der Waals surface area contributed by atoms with Gasteiger partial charge in [0.15, 0.2) is 0 Å². The van der Waals surface area contributed by atoms with Gasteiger partial charge in [-0.25, -0.2) is 4.98 Å². The van der Waals surface area contributed by atoms with Gasteiger partial charge in [-0.15, -0.1) is 0 Å². The first-order valence-electron chi connectivity index (χ1n) is 16.6. The number of pyridine rings is 2. The Morgan fingerprint density at radius 3 is 1.67 bits per heavy atom. The zero-order valence-corrected chi connectivity index (χ0v) is 26.7. The predicted molar refractivity (Wildman–Crippen MR) is 203 cm³/mol. The fourth-order valence-electron chi connectivity index (χ4n) is 7.38. The SMILES string of the molecule is CCc1ccc2cc(-c3c4ccccc4c(-c4ccc(-c5cccc(-c6ccccn6)n5)c5ccccc45)c4ccccc34)ccc2c1. The van der Waals surface area contributed by atoms with E-state index in [1.165, 1.54) is 70.9 Å². The second kappa shape index (κ2) is 11.6. The molecule has 226 valence electrons.